The number of nitrogens with one attached hydrogen (secondary N) is 1. The second-order valence-electron chi connectivity index (χ2n) is 7.30. The van der Waals surface area contributed by atoms with Crippen molar-refractivity contribution in [3.05, 3.63) is 30.3 Å². The number of nitrogens with zero attached hydrogens (tertiary/aromatic N) is 2. The highest BCUT2D eigenvalue weighted by Gasteiger charge is 2.46. The quantitative estimate of drug-likeness (QED) is 0.686. The molecule has 0 bridgehead atoms. The van der Waals surface area contributed by atoms with Crippen molar-refractivity contribution >= 4 is 5.69 Å². The summed E-state index contributed by atoms with van der Waals surface area (Å²) >= 11 is 0. The van der Waals surface area contributed by atoms with Crippen LogP contribution in [0.5, 0.6) is 0 Å². The molecule has 6 nitrogen and oxygen atoms in total. The highest BCUT2D eigenvalue weighted by molar-refractivity contribution is 5.46. The lowest BCUT2D eigenvalue weighted by atomic mass is 10.0. The maximum absolute atomic E-state index is 10.7. The summed E-state index contributed by atoms with van der Waals surface area (Å²) in [5, 5.41) is 23.6. The van der Waals surface area contributed by atoms with Crippen LogP contribution in [0.2, 0.25) is 0 Å². The number of ether oxygens (including phenoxy) is 1. The number of aliphatic hydroxyl groups excluding tert-OH is 2. The van der Waals surface area contributed by atoms with Gasteiger partial charge in [-0.15, -0.1) is 0 Å². The van der Waals surface area contributed by atoms with Crippen LogP contribution in [0.4, 0.5) is 5.69 Å². The molecule has 0 amide bonds. The predicted molar refractivity (Wildman–Crippen MR) is 98.9 cm³/mol. The van der Waals surface area contributed by atoms with E-state index >= 15 is 0 Å². The van der Waals surface area contributed by atoms with Crippen LogP contribution < -0.4 is 10.2 Å². The first-order valence-electron chi connectivity index (χ1n) is 9.32. The maximum Gasteiger partial charge on any atom is 0.109 e. The van der Waals surface area contributed by atoms with Gasteiger partial charge in [-0.2, -0.15) is 0 Å². The Kier molecular flexibility index (Phi) is 6.30. The first-order chi connectivity index (χ1) is 12.1. The van der Waals surface area contributed by atoms with E-state index < -0.39 is 12.2 Å². The van der Waals surface area contributed by atoms with E-state index in [4.69, 9.17) is 4.74 Å². The van der Waals surface area contributed by atoms with Gasteiger partial charge in [-0.3, -0.25) is 4.90 Å². The zero-order valence-corrected chi connectivity index (χ0v) is 15.2. The van der Waals surface area contributed by atoms with Gasteiger partial charge >= 0.3 is 0 Å². The smallest absolute Gasteiger partial charge is 0.109 e. The van der Waals surface area contributed by atoms with Gasteiger partial charge in [0.2, 0.25) is 0 Å². The molecule has 0 radical (unpaired) electrons. The van der Waals surface area contributed by atoms with Crippen molar-refractivity contribution in [2.24, 2.45) is 0 Å². The van der Waals surface area contributed by atoms with Crippen molar-refractivity contribution in [3.8, 4) is 0 Å². The van der Waals surface area contributed by atoms with Crippen LogP contribution in [0.15, 0.2) is 30.3 Å². The molecular formula is C19H31N3O3. The summed E-state index contributed by atoms with van der Waals surface area (Å²) in [6.07, 6.45) is -1.24. The zero-order chi connectivity index (χ0) is 17.8. The van der Waals surface area contributed by atoms with E-state index in [1.165, 1.54) is 5.69 Å². The summed E-state index contributed by atoms with van der Waals surface area (Å²) in [6.45, 7) is 8.38. The molecule has 1 aromatic carbocycles. The monoisotopic (exact) mass is 349 g/mol. The normalized spacial score (nSPS) is 31.0. The summed E-state index contributed by atoms with van der Waals surface area (Å²) < 4.78 is 5.93. The Bertz CT molecular complexity index is 520. The third-order valence-corrected chi connectivity index (χ3v) is 5.23. The summed E-state index contributed by atoms with van der Waals surface area (Å²) in [7, 11) is 0. The third kappa shape index (κ3) is 4.33. The number of benzene rings is 1. The van der Waals surface area contributed by atoms with Crippen LogP contribution in [0.3, 0.4) is 0 Å². The van der Waals surface area contributed by atoms with Crippen molar-refractivity contribution in [2.45, 2.75) is 44.2 Å². The minimum atomic E-state index is -0.646. The van der Waals surface area contributed by atoms with Crippen LogP contribution in [-0.4, -0.2) is 84.8 Å². The standard InChI is InChI=1S/C19H31N3O3/c1-14(2)20-12-16-18(19(24)17(13-23)25-16)22-10-8-21(9-11-22)15-6-4-3-5-7-15/h3-7,14,16-20,23-24H,8-13H2,1-2H3. The van der Waals surface area contributed by atoms with Crippen LogP contribution >= 0.6 is 0 Å². The number of rotatable bonds is 6. The lowest BCUT2D eigenvalue weighted by Crippen LogP contribution is -2.57. The molecule has 3 rings (SSSR count). The molecule has 2 aliphatic heterocycles. The summed E-state index contributed by atoms with van der Waals surface area (Å²) in [5.74, 6) is 0. The van der Waals surface area contributed by atoms with Gasteiger partial charge in [-0.05, 0) is 12.1 Å². The van der Waals surface area contributed by atoms with Gasteiger partial charge in [0, 0.05) is 44.5 Å². The molecule has 0 aromatic heterocycles. The highest BCUT2D eigenvalue weighted by atomic mass is 16.5. The molecule has 3 N–H and O–H groups in total. The molecule has 2 aliphatic rings. The van der Waals surface area contributed by atoms with E-state index in [1.54, 1.807) is 0 Å². The van der Waals surface area contributed by atoms with Gasteiger partial charge in [0.1, 0.15) is 12.2 Å². The zero-order valence-electron chi connectivity index (χ0n) is 15.2. The van der Waals surface area contributed by atoms with Gasteiger partial charge in [0.25, 0.3) is 0 Å². The van der Waals surface area contributed by atoms with Crippen molar-refractivity contribution in [1.82, 2.24) is 10.2 Å². The van der Waals surface area contributed by atoms with Crippen molar-refractivity contribution in [1.29, 1.82) is 0 Å². The Morgan fingerprint density at radius 2 is 1.80 bits per heavy atom. The maximum atomic E-state index is 10.7. The predicted octanol–water partition coefficient (Wildman–Crippen LogP) is 0.296. The molecular weight excluding hydrogens is 318 g/mol. The second-order valence-corrected chi connectivity index (χ2v) is 7.30. The fourth-order valence-electron chi connectivity index (χ4n) is 3.87. The highest BCUT2D eigenvalue weighted by Crippen LogP contribution is 2.27. The molecule has 2 fully saturated rings. The third-order valence-electron chi connectivity index (χ3n) is 5.23. The molecule has 4 atom stereocenters. The number of piperazine rings is 1. The first kappa shape index (κ1) is 18.6. The second kappa shape index (κ2) is 8.47. The lowest BCUT2D eigenvalue weighted by Gasteiger charge is -2.41. The fourth-order valence-corrected chi connectivity index (χ4v) is 3.87. The molecule has 0 aliphatic carbocycles. The Hall–Kier alpha value is -1.18. The summed E-state index contributed by atoms with van der Waals surface area (Å²) in [5.41, 5.74) is 1.25. The van der Waals surface area contributed by atoms with Crippen molar-refractivity contribution in [3.63, 3.8) is 0 Å². The number of aliphatic hydroxyl groups is 2. The number of anilines is 1. The van der Waals surface area contributed by atoms with Gasteiger partial charge in [0.05, 0.1) is 18.8 Å². The largest absolute Gasteiger partial charge is 0.394 e. The SMILES string of the molecule is CC(C)NCC1OC(CO)C(O)C1N1CCN(c2ccccc2)CC1. The van der Waals surface area contributed by atoms with Gasteiger partial charge in [-0.1, -0.05) is 32.0 Å². The van der Waals surface area contributed by atoms with E-state index in [0.29, 0.717) is 12.6 Å². The average Bonchev–Trinajstić information content (AvgIpc) is 2.96. The molecule has 4 unspecified atom stereocenters. The van der Waals surface area contributed by atoms with E-state index in [9.17, 15) is 10.2 Å². The topological polar surface area (TPSA) is 68.2 Å². The molecule has 0 spiro atoms. The van der Waals surface area contributed by atoms with E-state index in [1.807, 2.05) is 6.07 Å². The summed E-state index contributed by atoms with van der Waals surface area (Å²) in [6, 6.07) is 10.7. The number of para-hydroxylation sites is 1. The van der Waals surface area contributed by atoms with E-state index in [0.717, 1.165) is 26.2 Å². The van der Waals surface area contributed by atoms with E-state index in [-0.39, 0.29) is 18.8 Å². The van der Waals surface area contributed by atoms with Crippen LogP contribution in [0.25, 0.3) is 0 Å². The Morgan fingerprint density at radius 1 is 1.12 bits per heavy atom. The van der Waals surface area contributed by atoms with Crippen molar-refractivity contribution < 1.29 is 14.9 Å². The minimum Gasteiger partial charge on any atom is -0.394 e. The average molecular weight is 349 g/mol. The number of hydrogen-bond donors (Lipinski definition) is 3. The first-order valence-corrected chi connectivity index (χ1v) is 9.32. The van der Waals surface area contributed by atoms with Crippen LogP contribution in [-0.2, 0) is 4.74 Å². The fraction of sp³-hybridized carbons (Fsp3) is 0.684. The Balaban J connectivity index is 1.62. The molecule has 1 aromatic rings. The summed E-state index contributed by atoms with van der Waals surface area (Å²) in [4.78, 5) is 4.70. The van der Waals surface area contributed by atoms with Crippen LogP contribution in [0, 0.1) is 0 Å². The van der Waals surface area contributed by atoms with E-state index in [2.05, 4.69) is 53.2 Å². The molecule has 140 valence electrons. The van der Waals surface area contributed by atoms with Crippen LogP contribution in [0.1, 0.15) is 13.8 Å². The van der Waals surface area contributed by atoms with Gasteiger partial charge < -0.3 is 25.2 Å². The van der Waals surface area contributed by atoms with Gasteiger partial charge in [-0.25, -0.2) is 0 Å². The molecule has 6 heteroatoms. The molecule has 0 saturated carbocycles. The lowest BCUT2D eigenvalue weighted by molar-refractivity contribution is -0.0216. The van der Waals surface area contributed by atoms with Crippen molar-refractivity contribution in [2.75, 3.05) is 44.2 Å². The molecule has 2 heterocycles. The Labute approximate surface area is 150 Å². The van der Waals surface area contributed by atoms with Gasteiger partial charge in [0.15, 0.2) is 0 Å². The number of hydrogen-bond acceptors (Lipinski definition) is 6. The Morgan fingerprint density at radius 3 is 2.40 bits per heavy atom. The minimum absolute atomic E-state index is 0.0682. The molecule has 2 saturated heterocycles. The molecule has 25 heavy (non-hydrogen) atoms.